The van der Waals surface area contributed by atoms with Crippen molar-refractivity contribution in [3.63, 3.8) is 0 Å². The lowest BCUT2D eigenvalue weighted by Gasteiger charge is -2.24. The summed E-state index contributed by atoms with van der Waals surface area (Å²) in [5, 5.41) is 0. The summed E-state index contributed by atoms with van der Waals surface area (Å²) in [4.78, 5) is 17.8. The number of rotatable bonds is 6. The summed E-state index contributed by atoms with van der Waals surface area (Å²) < 4.78 is 5.90. The Balaban J connectivity index is 1.66. The molecule has 1 aromatic heterocycles. The monoisotopic (exact) mass is 326 g/mol. The number of aromatic nitrogens is 1. The molecule has 2 atom stereocenters. The molecule has 1 N–H and O–H groups in total. The number of amides is 1. The average molecular weight is 326 g/mol. The van der Waals surface area contributed by atoms with Gasteiger partial charge in [0, 0.05) is 18.4 Å². The van der Waals surface area contributed by atoms with Crippen LogP contribution in [0.5, 0.6) is 5.75 Å². The molecule has 1 aliphatic heterocycles. The van der Waals surface area contributed by atoms with Gasteiger partial charge < -0.3 is 14.6 Å². The fourth-order valence-electron chi connectivity index (χ4n) is 3.40. The van der Waals surface area contributed by atoms with E-state index in [1.54, 1.807) is 0 Å². The molecule has 0 saturated carbocycles. The molecule has 4 heteroatoms. The fourth-order valence-corrected chi connectivity index (χ4v) is 3.40. The van der Waals surface area contributed by atoms with Crippen LogP contribution in [0.2, 0.25) is 0 Å². The average Bonchev–Trinajstić information content (AvgIpc) is 3.29. The number of hydrogen-bond acceptors (Lipinski definition) is 2. The summed E-state index contributed by atoms with van der Waals surface area (Å²) >= 11 is 0. The molecule has 0 spiro atoms. The van der Waals surface area contributed by atoms with Crippen LogP contribution in [0.1, 0.15) is 56.3 Å². The van der Waals surface area contributed by atoms with Gasteiger partial charge in [-0.05, 0) is 48.9 Å². The van der Waals surface area contributed by atoms with E-state index in [-0.39, 0.29) is 18.6 Å². The number of carbonyl (C=O) groups excluding carboxylic acids is 1. The van der Waals surface area contributed by atoms with Crippen LogP contribution in [-0.4, -0.2) is 28.9 Å². The van der Waals surface area contributed by atoms with Crippen LogP contribution >= 0.6 is 0 Å². The number of nitrogens with one attached hydrogen (secondary N) is 1. The summed E-state index contributed by atoms with van der Waals surface area (Å²) in [7, 11) is 0. The number of aromatic amines is 1. The molecule has 1 saturated heterocycles. The van der Waals surface area contributed by atoms with Crippen molar-refractivity contribution < 1.29 is 9.53 Å². The predicted octanol–water partition coefficient (Wildman–Crippen LogP) is 4.27. The number of carbonyl (C=O) groups is 1. The summed E-state index contributed by atoms with van der Waals surface area (Å²) in [5.41, 5.74) is 2.29. The number of ether oxygens (including phenoxy) is 1. The molecular weight excluding hydrogens is 300 g/mol. The molecular formula is C20H26N2O2. The normalized spacial score (nSPS) is 18.6. The molecule has 1 amide bonds. The van der Waals surface area contributed by atoms with E-state index in [2.05, 4.69) is 31.0 Å². The highest BCUT2D eigenvalue weighted by Gasteiger charge is 2.30. The van der Waals surface area contributed by atoms with Gasteiger partial charge in [-0.1, -0.05) is 32.0 Å². The molecule has 2 heterocycles. The molecule has 4 nitrogen and oxygen atoms in total. The highest BCUT2D eigenvalue weighted by Crippen LogP contribution is 2.32. The van der Waals surface area contributed by atoms with Gasteiger partial charge in [-0.3, -0.25) is 4.79 Å². The van der Waals surface area contributed by atoms with Crippen LogP contribution in [-0.2, 0) is 4.79 Å². The summed E-state index contributed by atoms with van der Waals surface area (Å²) in [6, 6.07) is 12.2. The summed E-state index contributed by atoms with van der Waals surface area (Å²) in [6.07, 6.45) is 5.01. The number of hydrogen-bond donors (Lipinski definition) is 1. The topological polar surface area (TPSA) is 45.3 Å². The second-order valence-corrected chi connectivity index (χ2v) is 6.51. The standard InChI is InChI=1S/C20H26N2O2/c1-3-15(2)16-8-4-5-11-19(16)24-14-20(23)22-13-7-10-18(22)17-9-6-12-21-17/h4-6,8-9,11-12,15,18,21H,3,7,10,13-14H2,1-2H3. The van der Waals surface area contributed by atoms with Gasteiger partial charge in [0.05, 0.1) is 6.04 Å². The second kappa shape index (κ2) is 7.56. The molecule has 1 aliphatic rings. The van der Waals surface area contributed by atoms with Gasteiger partial charge in [0.2, 0.25) is 0 Å². The Morgan fingerprint density at radius 1 is 1.33 bits per heavy atom. The molecule has 2 unspecified atom stereocenters. The highest BCUT2D eigenvalue weighted by atomic mass is 16.5. The third-order valence-corrected chi connectivity index (χ3v) is 4.97. The van der Waals surface area contributed by atoms with Crippen molar-refractivity contribution in [2.45, 2.75) is 45.1 Å². The first-order valence-corrected chi connectivity index (χ1v) is 8.85. The maximum Gasteiger partial charge on any atom is 0.261 e. The molecule has 24 heavy (non-hydrogen) atoms. The van der Waals surface area contributed by atoms with E-state index in [0.717, 1.165) is 37.3 Å². The number of H-pyrrole nitrogens is 1. The Morgan fingerprint density at radius 2 is 2.17 bits per heavy atom. The van der Waals surface area contributed by atoms with Crippen LogP contribution in [0.3, 0.4) is 0 Å². The molecule has 2 aromatic rings. The molecule has 3 rings (SSSR count). The minimum atomic E-state index is 0.0612. The lowest BCUT2D eigenvalue weighted by atomic mass is 9.98. The van der Waals surface area contributed by atoms with E-state index < -0.39 is 0 Å². The third kappa shape index (κ3) is 3.48. The Bertz CT molecular complexity index is 666. The van der Waals surface area contributed by atoms with Gasteiger partial charge >= 0.3 is 0 Å². The van der Waals surface area contributed by atoms with E-state index in [4.69, 9.17) is 4.74 Å². The van der Waals surface area contributed by atoms with E-state index >= 15 is 0 Å². The first-order valence-electron chi connectivity index (χ1n) is 8.85. The van der Waals surface area contributed by atoms with Gasteiger partial charge in [0.25, 0.3) is 5.91 Å². The van der Waals surface area contributed by atoms with E-state index in [1.165, 1.54) is 5.56 Å². The molecule has 0 aliphatic carbocycles. The highest BCUT2D eigenvalue weighted by molar-refractivity contribution is 5.78. The smallest absolute Gasteiger partial charge is 0.261 e. The number of para-hydroxylation sites is 1. The minimum absolute atomic E-state index is 0.0612. The van der Waals surface area contributed by atoms with E-state index in [1.807, 2.05) is 35.4 Å². The number of nitrogens with zero attached hydrogens (tertiary/aromatic N) is 1. The molecule has 128 valence electrons. The largest absolute Gasteiger partial charge is 0.483 e. The van der Waals surface area contributed by atoms with Gasteiger partial charge in [0.15, 0.2) is 6.61 Å². The van der Waals surface area contributed by atoms with Crippen molar-refractivity contribution in [3.8, 4) is 5.75 Å². The lowest BCUT2D eigenvalue weighted by Crippen LogP contribution is -2.34. The Morgan fingerprint density at radius 3 is 2.92 bits per heavy atom. The van der Waals surface area contributed by atoms with Crippen molar-refractivity contribution in [2.24, 2.45) is 0 Å². The van der Waals surface area contributed by atoms with Gasteiger partial charge in [0.1, 0.15) is 5.75 Å². The maximum absolute atomic E-state index is 12.7. The Hall–Kier alpha value is -2.23. The second-order valence-electron chi connectivity index (χ2n) is 6.51. The van der Waals surface area contributed by atoms with Crippen molar-refractivity contribution in [1.29, 1.82) is 0 Å². The van der Waals surface area contributed by atoms with Gasteiger partial charge in [-0.15, -0.1) is 0 Å². The van der Waals surface area contributed by atoms with Crippen LogP contribution in [0, 0.1) is 0 Å². The fraction of sp³-hybridized carbons (Fsp3) is 0.450. The van der Waals surface area contributed by atoms with E-state index in [9.17, 15) is 4.79 Å². The minimum Gasteiger partial charge on any atom is -0.483 e. The predicted molar refractivity (Wildman–Crippen MR) is 95.1 cm³/mol. The van der Waals surface area contributed by atoms with Crippen LogP contribution < -0.4 is 4.74 Å². The lowest BCUT2D eigenvalue weighted by molar-refractivity contribution is -0.134. The zero-order valence-electron chi connectivity index (χ0n) is 14.5. The molecule has 0 bridgehead atoms. The first kappa shape index (κ1) is 16.6. The van der Waals surface area contributed by atoms with Gasteiger partial charge in [-0.25, -0.2) is 0 Å². The number of likely N-dealkylation sites (tertiary alicyclic amines) is 1. The van der Waals surface area contributed by atoms with E-state index in [0.29, 0.717) is 5.92 Å². The van der Waals surface area contributed by atoms with Crippen molar-refractivity contribution in [3.05, 3.63) is 53.9 Å². The number of benzene rings is 1. The van der Waals surface area contributed by atoms with Crippen molar-refractivity contribution in [2.75, 3.05) is 13.2 Å². The molecule has 1 fully saturated rings. The first-order chi connectivity index (χ1) is 11.7. The SMILES string of the molecule is CCC(C)c1ccccc1OCC(=O)N1CCCC1c1ccc[nH]1. The van der Waals surface area contributed by atoms with Crippen molar-refractivity contribution >= 4 is 5.91 Å². The van der Waals surface area contributed by atoms with Crippen LogP contribution in [0.4, 0.5) is 0 Å². The molecule has 1 aromatic carbocycles. The van der Waals surface area contributed by atoms with Crippen LogP contribution in [0.15, 0.2) is 42.6 Å². The Labute approximate surface area is 143 Å². The Kier molecular flexibility index (Phi) is 5.24. The summed E-state index contributed by atoms with van der Waals surface area (Å²) in [6.45, 7) is 5.26. The third-order valence-electron chi connectivity index (χ3n) is 4.97. The maximum atomic E-state index is 12.7. The molecule has 0 radical (unpaired) electrons. The van der Waals surface area contributed by atoms with Crippen LogP contribution in [0.25, 0.3) is 0 Å². The summed E-state index contributed by atoms with van der Waals surface area (Å²) in [5.74, 6) is 1.32. The zero-order valence-corrected chi connectivity index (χ0v) is 14.5. The quantitative estimate of drug-likeness (QED) is 0.861. The van der Waals surface area contributed by atoms with Crippen molar-refractivity contribution in [1.82, 2.24) is 9.88 Å². The zero-order chi connectivity index (χ0) is 16.9. The van der Waals surface area contributed by atoms with Gasteiger partial charge in [-0.2, -0.15) is 0 Å².